The molecule has 0 aliphatic heterocycles. The molecule has 0 atom stereocenters. The number of halogens is 1. The molecule has 0 saturated carbocycles. The molecule has 54 valence electrons. The molecule has 0 amide bonds. The van der Waals surface area contributed by atoms with Gasteiger partial charge in [-0.1, -0.05) is 0 Å². The molecule has 0 fully saturated rings. The predicted octanol–water partition coefficient (Wildman–Crippen LogP) is 1.02. The maximum Gasteiger partial charge on any atom is 0.171 e. The second kappa shape index (κ2) is 3.30. The van der Waals surface area contributed by atoms with Crippen LogP contribution in [0.5, 0.6) is 0 Å². The highest BCUT2D eigenvalue weighted by molar-refractivity contribution is 5.04. The normalized spacial score (nSPS) is 9.80. The topological polar surface area (TPSA) is 3.88 Å². The highest BCUT2D eigenvalue weighted by Crippen LogP contribution is 1.94. The van der Waals surface area contributed by atoms with Crippen molar-refractivity contribution in [2.75, 3.05) is 6.67 Å². The summed E-state index contributed by atoms with van der Waals surface area (Å²) in [5, 5.41) is 0. The van der Waals surface area contributed by atoms with Crippen LogP contribution in [0.2, 0.25) is 0 Å². The summed E-state index contributed by atoms with van der Waals surface area (Å²) in [4.78, 5) is 0. The number of hydrogen-bond donors (Lipinski definition) is 0. The van der Waals surface area contributed by atoms with Gasteiger partial charge in [0.05, 0.1) is 6.67 Å². The zero-order valence-electron chi connectivity index (χ0n) is 6.05. The molecule has 0 aromatic carbocycles. The average molecular weight is 140 g/mol. The molecule has 0 saturated heterocycles. The zero-order chi connectivity index (χ0) is 7.40. The van der Waals surface area contributed by atoms with Gasteiger partial charge in [-0.15, -0.1) is 0 Å². The fourth-order valence-electron chi connectivity index (χ4n) is 0.907. The molecular weight excluding hydrogens is 129 g/mol. The molecule has 1 aromatic heterocycles. The van der Waals surface area contributed by atoms with Crippen molar-refractivity contribution in [2.45, 2.75) is 6.42 Å². The maximum atomic E-state index is 11.8. The van der Waals surface area contributed by atoms with Crippen molar-refractivity contribution in [1.29, 1.82) is 0 Å². The van der Waals surface area contributed by atoms with E-state index in [0.29, 0.717) is 6.42 Å². The van der Waals surface area contributed by atoms with E-state index < -0.39 is 0 Å². The van der Waals surface area contributed by atoms with Gasteiger partial charge in [0, 0.05) is 18.1 Å². The number of nitrogens with zero attached hydrogens (tertiary/aromatic N) is 1. The lowest BCUT2D eigenvalue weighted by Crippen LogP contribution is -2.26. The molecule has 0 unspecified atom stereocenters. The van der Waals surface area contributed by atoms with Crippen LogP contribution < -0.4 is 4.57 Å². The van der Waals surface area contributed by atoms with Crippen LogP contribution in [0.25, 0.3) is 0 Å². The third kappa shape index (κ3) is 1.79. The third-order valence-corrected chi connectivity index (χ3v) is 1.38. The number of aromatic nitrogens is 1. The fourth-order valence-corrected chi connectivity index (χ4v) is 0.907. The van der Waals surface area contributed by atoms with Gasteiger partial charge in [0.2, 0.25) is 0 Å². The summed E-state index contributed by atoms with van der Waals surface area (Å²) < 4.78 is 13.7. The van der Waals surface area contributed by atoms with E-state index in [0.717, 1.165) is 5.56 Å². The Labute approximate surface area is 60.1 Å². The van der Waals surface area contributed by atoms with Crippen molar-refractivity contribution < 1.29 is 8.96 Å². The molecule has 2 heteroatoms. The van der Waals surface area contributed by atoms with Gasteiger partial charge >= 0.3 is 0 Å². The molecule has 10 heavy (non-hydrogen) atoms. The van der Waals surface area contributed by atoms with Crippen LogP contribution in [-0.2, 0) is 13.5 Å². The second-order valence-corrected chi connectivity index (χ2v) is 2.32. The molecule has 1 rings (SSSR count). The summed E-state index contributed by atoms with van der Waals surface area (Å²) in [5.74, 6) is 0. The molecule has 0 N–H and O–H groups in total. The number of rotatable bonds is 2. The Kier molecular flexibility index (Phi) is 2.37. The number of hydrogen-bond acceptors (Lipinski definition) is 0. The van der Waals surface area contributed by atoms with E-state index in [9.17, 15) is 4.39 Å². The molecule has 1 nitrogen and oxygen atoms in total. The van der Waals surface area contributed by atoms with E-state index >= 15 is 0 Å². The van der Waals surface area contributed by atoms with Crippen LogP contribution in [0.15, 0.2) is 24.5 Å². The van der Waals surface area contributed by atoms with Crippen LogP contribution in [0.3, 0.4) is 0 Å². The van der Waals surface area contributed by atoms with E-state index in [2.05, 4.69) is 0 Å². The number of alkyl halides is 1. The minimum absolute atomic E-state index is 0.274. The van der Waals surface area contributed by atoms with Crippen molar-refractivity contribution in [1.82, 2.24) is 0 Å². The smallest absolute Gasteiger partial charge is 0.171 e. The van der Waals surface area contributed by atoms with E-state index in [1.165, 1.54) is 0 Å². The SMILES string of the molecule is C[n+]1cccc(CCF)c1. The third-order valence-electron chi connectivity index (χ3n) is 1.38. The van der Waals surface area contributed by atoms with Crippen molar-refractivity contribution in [3.63, 3.8) is 0 Å². The standard InChI is InChI=1S/C8H11FN/c1-10-6-2-3-8(7-10)4-5-9/h2-3,6-7H,4-5H2,1H3/q+1. The van der Waals surface area contributed by atoms with E-state index in [1.54, 1.807) is 0 Å². The van der Waals surface area contributed by atoms with E-state index in [-0.39, 0.29) is 6.67 Å². The van der Waals surface area contributed by atoms with Gasteiger partial charge in [-0.05, 0) is 6.07 Å². The Morgan fingerprint density at radius 3 is 3.00 bits per heavy atom. The number of aryl methyl sites for hydroxylation is 2. The molecule has 0 bridgehead atoms. The van der Waals surface area contributed by atoms with Gasteiger partial charge in [0.1, 0.15) is 7.05 Å². The first-order chi connectivity index (χ1) is 4.83. The molecular formula is C8H11FN+. The molecule has 0 spiro atoms. The first-order valence-corrected chi connectivity index (χ1v) is 3.33. The Morgan fingerprint density at radius 2 is 2.40 bits per heavy atom. The van der Waals surface area contributed by atoms with Crippen molar-refractivity contribution in [3.05, 3.63) is 30.1 Å². The quantitative estimate of drug-likeness (QED) is 0.540. The highest BCUT2D eigenvalue weighted by atomic mass is 19.1. The van der Waals surface area contributed by atoms with Gasteiger partial charge in [0.15, 0.2) is 12.4 Å². The van der Waals surface area contributed by atoms with Gasteiger partial charge in [-0.2, -0.15) is 0 Å². The summed E-state index contributed by atoms with van der Waals surface area (Å²) in [6.45, 7) is -0.274. The van der Waals surface area contributed by atoms with Crippen LogP contribution in [-0.4, -0.2) is 6.67 Å². The minimum atomic E-state index is -0.274. The molecule has 0 aliphatic rings. The lowest BCUT2D eigenvalue weighted by atomic mass is 10.2. The van der Waals surface area contributed by atoms with E-state index in [4.69, 9.17) is 0 Å². The Hall–Kier alpha value is -0.920. The largest absolute Gasteiger partial charge is 0.251 e. The lowest BCUT2D eigenvalue weighted by molar-refractivity contribution is -0.671. The van der Waals surface area contributed by atoms with Crippen molar-refractivity contribution >= 4 is 0 Å². The Morgan fingerprint density at radius 1 is 1.60 bits per heavy atom. The van der Waals surface area contributed by atoms with Crippen molar-refractivity contribution in [2.24, 2.45) is 7.05 Å². The van der Waals surface area contributed by atoms with Crippen LogP contribution in [0.4, 0.5) is 4.39 Å². The number of pyridine rings is 1. The first kappa shape index (κ1) is 7.19. The predicted molar refractivity (Wildman–Crippen MR) is 37.3 cm³/mol. The highest BCUT2D eigenvalue weighted by Gasteiger charge is 1.95. The van der Waals surface area contributed by atoms with Gasteiger partial charge in [0.25, 0.3) is 0 Å². The zero-order valence-corrected chi connectivity index (χ0v) is 6.05. The van der Waals surface area contributed by atoms with Gasteiger partial charge in [-0.3, -0.25) is 4.39 Å². The fraction of sp³-hybridized carbons (Fsp3) is 0.375. The second-order valence-electron chi connectivity index (χ2n) is 2.32. The van der Waals surface area contributed by atoms with Crippen LogP contribution in [0.1, 0.15) is 5.56 Å². The molecule has 0 aliphatic carbocycles. The Bertz CT molecular complexity index is 210. The molecule has 0 radical (unpaired) electrons. The minimum Gasteiger partial charge on any atom is -0.251 e. The summed E-state index contributed by atoms with van der Waals surface area (Å²) in [6.07, 6.45) is 4.38. The molecule has 1 heterocycles. The maximum absolute atomic E-state index is 11.8. The summed E-state index contributed by atoms with van der Waals surface area (Å²) in [6, 6.07) is 3.85. The van der Waals surface area contributed by atoms with Crippen molar-refractivity contribution in [3.8, 4) is 0 Å². The summed E-state index contributed by atoms with van der Waals surface area (Å²) in [7, 11) is 1.93. The summed E-state index contributed by atoms with van der Waals surface area (Å²) in [5.41, 5.74) is 1.05. The monoisotopic (exact) mass is 140 g/mol. The Balaban J connectivity index is 2.75. The van der Waals surface area contributed by atoms with Gasteiger partial charge < -0.3 is 0 Å². The van der Waals surface area contributed by atoms with E-state index in [1.807, 2.05) is 36.1 Å². The first-order valence-electron chi connectivity index (χ1n) is 3.33. The molecule has 1 aromatic rings. The van der Waals surface area contributed by atoms with Crippen LogP contribution in [0, 0.1) is 0 Å². The van der Waals surface area contributed by atoms with Crippen LogP contribution >= 0.6 is 0 Å². The average Bonchev–Trinajstić information content (AvgIpc) is 1.88. The summed E-state index contributed by atoms with van der Waals surface area (Å²) >= 11 is 0. The lowest BCUT2D eigenvalue weighted by Gasteiger charge is -1.92. The van der Waals surface area contributed by atoms with Gasteiger partial charge in [-0.25, -0.2) is 4.57 Å².